The highest BCUT2D eigenvalue weighted by atomic mass is 19.4. The Morgan fingerprint density at radius 3 is 1.94 bits per heavy atom. The minimum atomic E-state index is -6.11. The van der Waals surface area contributed by atoms with Gasteiger partial charge in [0.25, 0.3) is 0 Å². The SMILES string of the molecule is O=C(O)[C@@H](CCO)NC(=O)C(F)(F)C(F)(F)F. The molecular weight excluding hydrogens is 257 g/mol. The molecule has 3 N–H and O–H groups in total. The fourth-order valence-electron chi connectivity index (χ4n) is 0.764. The Morgan fingerprint density at radius 1 is 1.18 bits per heavy atom. The predicted octanol–water partition coefficient (Wildman–Crippen LogP) is 0.136. The van der Waals surface area contributed by atoms with Crippen LogP contribution in [0.4, 0.5) is 22.0 Å². The Kier molecular flexibility index (Phi) is 4.81. The van der Waals surface area contributed by atoms with Gasteiger partial charge in [0.1, 0.15) is 6.04 Å². The third-order valence-corrected chi connectivity index (χ3v) is 1.66. The van der Waals surface area contributed by atoms with Crippen molar-refractivity contribution in [1.29, 1.82) is 0 Å². The minimum Gasteiger partial charge on any atom is -0.480 e. The fraction of sp³-hybridized carbons (Fsp3) is 0.714. The molecule has 100 valence electrons. The molecule has 0 rings (SSSR count). The van der Waals surface area contributed by atoms with E-state index in [2.05, 4.69) is 0 Å². The molecule has 0 saturated carbocycles. The molecule has 0 fully saturated rings. The summed E-state index contributed by atoms with van der Waals surface area (Å²) in [5.41, 5.74) is 0. The third-order valence-electron chi connectivity index (χ3n) is 1.66. The van der Waals surface area contributed by atoms with Crippen LogP contribution in [0.3, 0.4) is 0 Å². The average molecular weight is 265 g/mol. The molecule has 0 aliphatic rings. The lowest BCUT2D eigenvalue weighted by Crippen LogP contribution is -2.54. The lowest BCUT2D eigenvalue weighted by atomic mass is 10.2. The molecule has 1 atom stereocenters. The quantitative estimate of drug-likeness (QED) is 0.617. The molecule has 0 spiro atoms. The normalized spacial score (nSPS) is 14.2. The maximum Gasteiger partial charge on any atom is 0.463 e. The highest BCUT2D eigenvalue weighted by Crippen LogP contribution is 2.35. The van der Waals surface area contributed by atoms with Crippen molar-refractivity contribution in [1.82, 2.24) is 5.32 Å². The van der Waals surface area contributed by atoms with Crippen molar-refractivity contribution in [2.24, 2.45) is 0 Å². The Balaban J connectivity index is 4.78. The number of carboxylic acids is 1. The molecule has 0 aromatic heterocycles. The number of alkyl halides is 5. The van der Waals surface area contributed by atoms with Crippen LogP contribution in [0.15, 0.2) is 0 Å². The standard InChI is InChI=1S/C7H8F5NO4/c8-6(9,7(10,11)12)5(17)13-3(1-2-14)4(15)16/h3,14H,1-2H2,(H,13,17)(H,15,16)/t3-/m1/s1. The van der Waals surface area contributed by atoms with Gasteiger partial charge in [-0.1, -0.05) is 0 Å². The van der Waals surface area contributed by atoms with E-state index in [1.807, 2.05) is 0 Å². The number of hydrogen-bond acceptors (Lipinski definition) is 3. The summed E-state index contributed by atoms with van der Waals surface area (Å²) in [7, 11) is 0. The zero-order valence-corrected chi connectivity index (χ0v) is 8.09. The molecular formula is C7H8F5NO4. The molecule has 0 aromatic rings. The molecule has 0 aromatic carbocycles. The summed E-state index contributed by atoms with van der Waals surface area (Å²) in [5, 5.41) is 17.7. The number of aliphatic carboxylic acids is 1. The summed E-state index contributed by atoms with van der Waals surface area (Å²) < 4.78 is 59.9. The Morgan fingerprint density at radius 2 is 1.65 bits per heavy atom. The van der Waals surface area contributed by atoms with Gasteiger partial charge in [-0.15, -0.1) is 0 Å². The molecule has 0 bridgehead atoms. The van der Waals surface area contributed by atoms with Gasteiger partial charge >= 0.3 is 24.0 Å². The number of aliphatic hydroxyl groups excluding tert-OH is 1. The van der Waals surface area contributed by atoms with Crippen LogP contribution in [0.5, 0.6) is 0 Å². The highest BCUT2D eigenvalue weighted by molar-refractivity contribution is 5.88. The van der Waals surface area contributed by atoms with Crippen molar-refractivity contribution in [2.75, 3.05) is 6.61 Å². The summed E-state index contributed by atoms with van der Waals surface area (Å²) >= 11 is 0. The molecule has 0 unspecified atom stereocenters. The summed E-state index contributed by atoms with van der Waals surface area (Å²) in [6.45, 7) is -0.797. The number of carbonyl (C=O) groups excluding carboxylic acids is 1. The topological polar surface area (TPSA) is 86.6 Å². The van der Waals surface area contributed by atoms with E-state index < -0.39 is 43.0 Å². The van der Waals surface area contributed by atoms with Crippen molar-refractivity contribution >= 4 is 11.9 Å². The molecule has 0 aliphatic carbocycles. The number of halogens is 5. The summed E-state index contributed by atoms with van der Waals surface area (Å²) in [5.74, 6) is -10.3. The van der Waals surface area contributed by atoms with E-state index in [9.17, 15) is 31.5 Å². The first-order valence-electron chi connectivity index (χ1n) is 4.13. The van der Waals surface area contributed by atoms with Crippen molar-refractivity contribution in [3.8, 4) is 0 Å². The third kappa shape index (κ3) is 3.80. The molecule has 0 heterocycles. The van der Waals surface area contributed by atoms with Gasteiger partial charge in [-0.3, -0.25) is 4.79 Å². The van der Waals surface area contributed by atoms with E-state index in [0.717, 1.165) is 5.32 Å². The number of hydrogen-bond donors (Lipinski definition) is 3. The van der Waals surface area contributed by atoms with Crippen LogP contribution in [0.2, 0.25) is 0 Å². The number of carboxylic acid groups (broad SMARTS) is 1. The largest absolute Gasteiger partial charge is 0.480 e. The minimum absolute atomic E-state index is 0.686. The summed E-state index contributed by atoms with van der Waals surface area (Å²) in [4.78, 5) is 20.9. The Bertz CT molecular complexity index is 303. The first-order valence-corrected chi connectivity index (χ1v) is 4.13. The summed E-state index contributed by atoms with van der Waals surface area (Å²) in [6.07, 6.45) is -6.80. The van der Waals surface area contributed by atoms with Crippen LogP contribution in [-0.2, 0) is 9.59 Å². The van der Waals surface area contributed by atoms with Crippen molar-refractivity contribution < 1.29 is 41.8 Å². The first kappa shape index (κ1) is 15.5. The maximum absolute atomic E-state index is 12.4. The van der Waals surface area contributed by atoms with E-state index in [0.29, 0.717) is 0 Å². The van der Waals surface area contributed by atoms with E-state index in [1.54, 1.807) is 0 Å². The molecule has 1 amide bonds. The van der Waals surface area contributed by atoms with Crippen LogP contribution < -0.4 is 5.32 Å². The first-order chi connectivity index (χ1) is 7.54. The van der Waals surface area contributed by atoms with Gasteiger partial charge in [0.05, 0.1) is 0 Å². The van der Waals surface area contributed by atoms with Crippen LogP contribution >= 0.6 is 0 Å². The zero-order valence-electron chi connectivity index (χ0n) is 8.09. The second kappa shape index (κ2) is 5.25. The zero-order chi connectivity index (χ0) is 13.9. The fourth-order valence-corrected chi connectivity index (χ4v) is 0.764. The number of nitrogens with one attached hydrogen (secondary N) is 1. The number of carbonyl (C=O) groups is 2. The second-order valence-electron chi connectivity index (χ2n) is 2.95. The van der Waals surface area contributed by atoms with E-state index in [-0.39, 0.29) is 0 Å². The van der Waals surface area contributed by atoms with Crippen LogP contribution in [0, 0.1) is 0 Å². The lowest BCUT2D eigenvalue weighted by Gasteiger charge is -2.21. The number of aliphatic hydroxyl groups is 1. The molecule has 0 saturated heterocycles. The van der Waals surface area contributed by atoms with Crippen LogP contribution in [0.1, 0.15) is 6.42 Å². The highest BCUT2D eigenvalue weighted by Gasteiger charge is 2.63. The maximum atomic E-state index is 12.4. The van der Waals surface area contributed by atoms with Crippen LogP contribution in [0.25, 0.3) is 0 Å². The van der Waals surface area contributed by atoms with E-state index in [4.69, 9.17) is 10.2 Å². The van der Waals surface area contributed by atoms with Gasteiger partial charge < -0.3 is 15.5 Å². The van der Waals surface area contributed by atoms with Crippen molar-refractivity contribution in [3.05, 3.63) is 0 Å². The molecule has 0 radical (unpaired) electrons. The number of rotatable bonds is 5. The summed E-state index contributed by atoms with van der Waals surface area (Å²) in [6, 6.07) is -2.01. The molecule has 0 aliphatic heterocycles. The Hall–Kier alpha value is -1.45. The van der Waals surface area contributed by atoms with Crippen LogP contribution in [-0.4, -0.2) is 46.8 Å². The lowest BCUT2D eigenvalue weighted by molar-refractivity contribution is -0.270. The van der Waals surface area contributed by atoms with Crippen molar-refractivity contribution in [2.45, 2.75) is 24.6 Å². The molecule has 17 heavy (non-hydrogen) atoms. The second-order valence-corrected chi connectivity index (χ2v) is 2.95. The van der Waals surface area contributed by atoms with Gasteiger partial charge in [0, 0.05) is 13.0 Å². The van der Waals surface area contributed by atoms with Gasteiger partial charge in [0.15, 0.2) is 0 Å². The monoisotopic (exact) mass is 265 g/mol. The van der Waals surface area contributed by atoms with Gasteiger partial charge in [-0.05, 0) is 0 Å². The molecule has 10 heteroatoms. The predicted molar refractivity (Wildman–Crippen MR) is 42.3 cm³/mol. The smallest absolute Gasteiger partial charge is 0.463 e. The van der Waals surface area contributed by atoms with Gasteiger partial charge in [0.2, 0.25) is 0 Å². The van der Waals surface area contributed by atoms with Crippen molar-refractivity contribution in [3.63, 3.8) is 0 Å². The van der Waals surface area contributed by atoms with E-state index >= 15 is 0 Å². The Labute approximate surface area is 91.2 Å². The molecule has 5 nitrogen and oxygen atoms in total. The van der Waals surface area contributed by atoms with Gasteiger partial charge in [-0.2, -0.15) is 22.0 Å². The van der Waals surface area contributed by atoms with E-state index in [1.165, 1.54) is 0 Å². The average Bonchev–Trinajstić information content (AvgIpc) is 2.14. The number of amides is 1. The van der Waals surface area contributed by atoms with Gasteiger partial charge in [-0.25, -0.2) is 4.79 Å².